The molecule has 0 aliphatic carbocycles. The molecular weight excluding hydrogens is 471 g/mol. The van der Waals surface area contributed by atoms with E-state index in [4.69, 9.17) is 33.9 Å². The third-order valence-corrected chi connectivity index (χ3v) is 31.7. The van der Waals surface area contributed by atoms with Gasteiger partial charge in [-0.3, -0.25) is 0 Å². The number of hydrogen-bond acceptors (Lipinski definition) is 6. The fourth-order valence-corrected chi connectivity index (χ4v) is 32.3. The molecule has 0 radical (unpaired) electrons. The van der Waals surface area contributed by atoms with Crippen LogP contribution >= 0.6 is 42.3 Å². The Labute approximate surface area is 157 Å². The second kappa shape index (κ2) is 9.27. The van der Waals surface area contributed by atoms with Gasteiger partial charge in [-0.05, 0) is 0 Å². The minimum atomic E-state index is -3.36. The monoisotopic (exact) mass is 488 g/mol. The number of hydrogen-bond donors (Lipinski definition) is 0. The molecule has 0 aromatic heterocycles. The number of thiocarbonyl (C=S) groups is 2. The molecule has 0 unspecified atom stereocenters. The Bertz CT molecular complexity index is 605. The Morgan fingerprint density at radius 2 is 1.09 bits per heavy atom. The van der Waals surface area contributed by atoms with E-state index >= 15 is 0 Å². The first-order valence-electron chi connectivity index (χ1n) is 6.77. The van der Waals surface area contributed by atoms with E-state index < -0.39 is 15.6 Å². The fourth-order valence-electron chi connectivity index (χ4n) is 2.06. The first kappa shape index (κ1) is 19.0. The van der Waals surface area contributed by atoms with Crippen LogP contribution in [0.2, 0.25) is 0 Å². The number of methoxy groups -OCH3 is 2. The van der Waals surface area contributed by atoms with Crippen molar-refractivity contribution in [3.05, 3.63) is 60.7 Å². The molecule has 0 aliphatic rings. The molecule has 0 amide bonds. The Kier molecular flexibility index (Phi) is 7.67. The predicted molar refractivity (Wildman–Crippen MR) is 112 cm³/mol. The average Bonchev–Trinajstić information content (AvgIpc) is 2.62. The summed E-state index contributed by atoms with van der Waals surface area (Å²) in [6, 6.07) is 20.9. The molecule has 0 atom stereocenters. The molecule has 0 saturated carbocycles. The zero-order chi connectivity index (χ0) is 16.7. The zero-order valence-corrected chi connectivity index (χ0v) is 18.8. The molecule has 7 heteroatoms. The van der Waals surface area contributed by atoms with Crippen LogP contribution in [0.15, 0.2) is 60.7 Å². The molecule has 23 heavy (non-hydrogen) atoms. The van der Waals surface area contributed by atoms with Crippen LogP contribution in [0.3, 0.4) is 0 Å². The molecule has 0 fully saturated rings. The van der Waals surface area contributed by atoms with Gasteiger partial charge in [0, 0.05) is 0 Å². The van der Waals surface area contributed by atoms with E-state index in [0.29, 0.717) is 8.77 Å². The molecule has 0 aliphatic heterocycles. The van der Waals surface area contributed by atoms with Crippen LogP contribution in [0, 0.1) is 0 Å². The van der Waals surface area contributed by atoms with Crippen molar-refractivity contribution in [1.29, 1.82) is 0 Å². The molecule has 2 aromatic carbocycles. The van der Waals surface area contributed by atoms with E-state index in [1.807, 2.05) is 12.1 Å². The van der Waals surface area contributed by atoms with Gasteiger partial charge in [-0.1, -0.05) is 0 Å². The summed E-state index contributed by atoms with van der Waals surface area (Å²) in [6.07, 6.45) is 0. The van der Waals surface area contributed by atoms with E-state index in [1.54, 1.807) is 32.1 Å². The van der Waals surface area contributed by atoms with Gasteiger partial charge >= 0.3 is 158 Å². The van der Waals surface area contributed by atoms with Crippen molar-refractivity contribution in [3.8, 4) is 0 Å². The van der Waals surface area contributed by atoms with Crippen LogP contribution in [-0.2, 0) is 9.47 Å². The van der Waals surface area contributed by atoms with Gasteiger partial charge in [0.15, 0.2) is 0 Å². The second-order valence-corrected chi connectivity index (χ2v) is 27.1. The molecule has 0 heterocycles. The van der Waals surface area contributed by atoms with Gasteiger partial charge in [0.25, 0.3) is 0 Å². The summed E-state index contributed by atoms with van der Waals surface area (Å²) in [5.74, 6) is 0. The van der Waals surface area contributed by atoms with Crippen molar-refractivity contribution < 1.29 is 9.47 Å². The Balaban J connectivity index is 2.62. The number of benzene rings is 2. The van der Waals surface area contributed by atoms with Gasteiger partial charge in [-0.15, -0.1) is 0 Å². The van der Waals surface area contributed by atoms with E-state index in [0.717, 1.165) is 0 Å². The maximum absolute atomic E-state index is 5.39. The molecule has 0 bridgehead atoms. The Morgan fingerprint density at radius 3 is 1.39 bits per heavy atom. The first-order valence-corrected chi connectivity index (χ1v) is 19.1. The summed E-state index contributed by atoms with van der Waals surface area (Å²) in [5.41, 5.74) is 0. The van der Waals surface area contributed by atoms with Gasteiger partial charge in [0.05, 0.1) is 0 Å². The van der Waals surface area contributed by atoms with Crippen molar-refractivity contribution in [2.24, 2.45) is 0 Å². The molecule has 0 N–H and O–H groups in total. The summed E-state index contributed by atoms with van der Waals surface area (Å²) in [4.78, 5) is 0. The molecular formula is C16H16O2S4Sn. The summed E-state index contributed by atoms with van der Waals surface area (Å²) in [5, 5.41) is 0. The molecule has 0 spiro atoms. The molecule has 2 nitrogen and oxygen atoms in total. The van der Waals surface area contributed by atoms with Crippen molar-refractivity contribution in [2.45, 2.75) is 0 Å². The van der Waals surface area contributed by atoms with Crippen LogP contribution < -0.4 is 7.16 Å². The quantitative estimate of drug-likeness (QED) is 0.482. The van der Waals surface area contributed by atoms with Crippen molar-refractivity contribution in [3.63, 3.8) is 0 Å². The summed E-state index contributed by atoms with van der Waals surface area (Å²) < 4.78 is 14.3. The van der Waals surface area contributed by atoms with E-state index in [2.05, 4.69) is 48.5 Å². The van der Waals surface area contributed by atoms with Gasteiger partial charge < -0.3 is 0 Å². The normalized spacial score (nSPS) is 10.9. The number of ether oxygens (including phenoxy) is 2. The minimum absolute atomic E-state index is 0.542. The van der Waals surface area contributed by atoms with Gasteiger partial charge in [-0.2, -0.15) is 0 Å². The molecule has 120 valence electrons. The van der Waals surface area contributed by atoms with Crippen molar-refractivity contribution >= 4 is 73.9 Å². The second-order valence-electron chi connectivity index (χ2n) is 4.46. The molecule has 2 rings (SSSR count). The molecule has 0 saturated heterocycles. The summed E-state index contributed by atoms with van der Waals surface area (Å²) in [7, 11) is 6.54. The van der Waals surface area contributed by atoms with E-state index in [1.165, 1.54) is 7.16 Å². The number of rotatable bonds is 4. The standard InChI is InChI=1S/2C6H5.2C2H4OS2.Sn/c2*1-2-4-6-5-3-1;2*1-3-2(4)5;/h2*1-5H;2*1H3,(H,4,5);/q;;;;+2/p-2. The SMILES string of the molecule is COC(=S)[S][Sn]([S]C(=S)OC)([c]1ccccc1)[c]1ccccc1. The van der Waals surface area contributed by atoms with Gasteiger partial charge in [0.1, 0.15) is 0 Å². The van der Waals surface area contributed by atoms with Gasteiger partial charge in [0.2, 0.25) is 0 Å². The third kappa shape index (κ3) is 4.85. The third-order valence-electron chi connectivity index (χ3n) is 3.10. The van der Waals surface area contributed by atoms with Crippen LogP contribution in [0.4, 0.5) is 0 Å². The van der Waals surface area contributed by atoms with Gasteiger partial charge in [-0.25, -0.2) is 0 Å². The Morgan fingerprint density at radius 1 is 0.739 bits per heavy atom. The van der Waals surface area contributed by atoms with Crippen molar-refractivity contribution in [1.82, 2.24) is 0 Å². The van der Waals surface area contributed by atoms with Crippen molar-refractivity contribution in [2.75, 3.05) is 14.2 Å². The van der Waals surface area contributed by atoms with E-state index in [9.17, 15) is 0 Å². The summed E-state index contributed by atoms with van der Waals surface area (Å²) >= 11 is 7.42. The summed E-state index contributed by atoms with van der Waals surface area (Å²) in [6.45, 7) is 0. The average molecular weight is 487 g/mol. The van der Waals surface area contributed by atoms with Crippen LogP contribution in [0.25, 0.3) is 0 Å². The van der Waals surface area contributed by atoms with E-state index in [-0.39, 0.29) is 0 Å². The zero-order valence-electron chi connectivity index (χ0n) is 12.7. The van der Waals surface area contributed by atoms with Crippen LogP contribution in [0.1, 0.15) is 0 Å². The predicted octanol–water partition coefficient (Wildman–Crippen LogP) is 3.57. The van der Waals surface area contributed by atoms with Crippen LogP contribution in [0.5, 0.6) is 0 Å². The topological polar surface area (TPSA) is 18.5 Å². The van der Waals surface area contributed by atoms with Crippen LogP contribution in [-0.4, -0.2) is 38.6 Å². The molecule has 2 aromatic rings. The first-order chi connectivity index (χ1) is 11.1. The maximum atomic E-state index is 5.39. The Hall–Kier alpha value is -0.281. The fraction of sp³-hybridized carbons (Fsp3) is 0.125.